The number of carbonyl (C=O) groups is 1. The molecule has 0 bridgehead atoms. The molecule has 2 fully saturated rings. The first-order chi connectivity index (χ1) is 9.16. The molecular weight excluding hydrogens is 246 g/mol. The van der Waals surface area contributed by atoms with Gasteiger partial charge in [0.25, 0.3) is 5.69 Å². The second-order valence-corrected chi connectivity index (χ2v) is 5.31. The third-order valence-corrected chi connectivity index (χ3v) is 4.18. The van der Waals surface area contributed by atoms with Crippen molar-refractivity contribution >= 4 is 11.7 Å². The van der Waals surface area contributed by atoms with Crippen LogP contribution in [0.5, 0.6) is 5.75 Å². The highest BCUT2D eigenvalue weighted by molar-refractivity contribution is 5.79. The van der Waals surface area contributed by atoms with Crippen molar-refractivity contribution < 1.29 is 14.5 Å². The van der Waals surface area contributed by atoms with Crippen molar-refractivity contribution in [1.29, 1.82) is 0 Å². The molecule has 0 N–H and O–H groups in total. The Morgan fingerprint density at radius 2 is 1.95 bits per heavy atom. The van der Waals surface area contributed by atoms with Crippen LogP contribution in [0.4, 0.5) is 5.69 Å². The number of non-ortho nitro benzene ring substituents is 1. The van der Waals surface area contributed by atoms with Crippen LogP contribution in [0.1, 0.15) is 25.7 Å². The van der Waals surface area contributed by atoms with Gasteiger partial charge in [-0.25, -0.2) is 0 Å². The summed E-state index contributed by atoms with van der Waals surface area (Å²) in [5, 5.41) is 10.7. The molecule has 1 aromatic rings. The van der Waals surface area contributed by atoms with Crippen molar-refractivity contribution in [1.82, 2.24) is 0 Å². The van der Waals surface area contributed by atoms with Crippen molar-refractivity contribution in [3.8, 4) is 5.75 Å². The molecule has 2 saturated carbocycles. The summed E-state index contributed by atoms with van der Waals surface area (Å²) in [4.78, 5) is 22.2. The summed E-state index contributed by atoms with van der Waals surface area (Å²) in [5.41, 5.74) is -0.0569. The molecule has 0 heterocycles. The third kappa shape index (κ3) is 2.32. The van der Waals surface area contributed by atoms with Crippen LogP contribution in [0.3, 0.4) is 0 Å². The highest BCUT2D eigenvalue weighted by atomic mass is 16.6. The van der Waals surface area contributed by atoms with E-state index in [0.717, 1.165) is 12.8 Å². The maximum Gasteiger partial charge on any atom is 0.314 e. The molecule has 0 spiro atoms. The van der Waals surface area contributed by atoms with Gasteiger partial charge in [0, 0.05) is 6.07 Å². The smallest absolute Gasteiger partial charge is 0.314 e. The predicted octanol–water partition coefficient (Wildman–Crippen LogP) is 2.94. The first-order valence-corrected chi connectivity index (χ1v) is 6.63. The molecule has 0 radical (unpaired) electrons. The number of nitro groups is 1. The number of esters is 1. The Balaban J connectivity index is 1.67. The van der Waals surface area contributed by atoms with Gasteiger partial charge in [0.1, 0.15) is 5.75 Å². The number of nitrogens with zero attached hydrogens (tertiary/aromatic N) is 1. The van der Waals surface area contributed by atoms with E-state index in [0.29, 0.717) is 11.8 Å². The molecule has 0 aliphatic heterocycles. The normalized spacial score (nSPS) is 28.3. The van der Waals surface area contributed by atoms with Crippen molar-refractivity contribution in [2.75, 3.05) is 0 Å². The molecule has 2 aliphatic carbocycles. The SMILES string of the molecule is O=C(Oc1cccc([N+](=O)[O-])c1)C1[C@H]2CCCC[C@H]12. The van der Waals surface area contributed by atoms with E-state index in [1.165, 1.54) is 31.0 Å². The van der Waals surface area contributed by atoms with Gasteiger partial charge in [-0.15, -0.1) is 0 Å². The van der Waals surface area contributed by atoms with Crippen LogP contribution >= 0.6 is 0 Å². The van der Waals surface area contributed by atoms with E-state index in [2.05, 4.69) is 0 Å². The van der Waals surface area contributed by atoms with E-state index in [1.807, 2.05) is 0 Å². The zero-order valence-electron chi connectivity index (χ0n) is 10.5. The summed E-state index contributed by atoms with van der Waals surface area (Å²) >= 11 is 0. The second kappa shape index (κ2) is 4.64. The maximum atomic E-state index is 12.0. The van der Waals surface area contributed by atoms with Gasteiger partial charge >= 0.3 is 5.97 Å². The minimum atomic E-state index is -0.492. The van der Waals surface area contributed by atoms with Crippen LogP contribution in [0.2, 0.25) is 0 Å². The number of fused-ring (bicyclic) bond motifs is 1. The lowest BCUT2D eigenvalue weighted by molar-refractivity contribution is -0.384. The predicted molar refractivity (Wildman–Crippen MR) is 67.7 cm³/mol. The first kappa shape index (κ1) is 12.1. The average molecular weight is 261 g/mol. The Morgan fingerprint density at radius 1 is 1.26 bits per heavy atom. The van der Waals surface area contributed by atoms with Crippen molar-refractivity contribution in [2.24, 2.45) is 17.8 Å². The van der Waals surface area contributed by atoms with Gasteiger partial charge in [-0.2, -0.15) is 0 Å². The molecule has 0 amide bonds. The standard InChI is InChI=1S/C14H15NO4/c16-14(13-11-6-1-2-7-12(11)13)19-10-5-3-4-9(8-10)15(17)18/h3-5,8,11-13H,1-2,6-7H2/t11-,12-/m0/s1. The van der Waals surface area contributed by atoms with Gasteiger partial charge in [0.15, 0.2) is 0 Å². The Hall–Kier alpha value is -1.91. The van der Waals surface area contributed by atoms with Gasteiger partial charge in [0.2, 0.25) is 0 Å². The number of nitro benzene ring substituents is 1. The van der Waals surface area contributed by atoms with Crippen molar-refractivity contribution in [3.63, 3.8) is 0 Å². The fourth-order valence-corrected chi connectivity index (χ4v) is 3.19. The van der Waals surface area contributed by atoms with Crippen LogP contribution in [0.15, 0.2) is 24.3 Å². The van der Waals surface area contributed by atoms with E-state index >= 15 is 0 Å². The second-order valence-electron chi connectivity index (χ2n) is 5.31. The Kier molecular flexibility index (Phi) is 2.97. The molecular formula is C14H15NO4. The molecule has 2 aliphatic rings. The molecule has 2 atom stereocenters. The lowest BCUT2D eigenvalue weighted by Gasteiger charge is -2.04. The molecule has 1 aromatic carbocycles. The molecule has 19 heavy (non-hydrogen) atoms. The summed E-state index contributed by atoms with van der Waals surface area (Å²) < 4.78 is 5.28. The quantitative estimate of drug-likeness (QED) is 0.363. The molecule has 5 heteroatoms. The average Bonchev–Trinajstić information content (AvgIpc) is 3.13. The summed E-state index contributed by atoms with van der Waals surface area (Å²) in [5.74, 6) is 1.03. The highest BCUT2D eigenvalue weighted by Gasteiger charge is 2.55. The molecule has 100 valence electrons. The van der Waals surface area contributed by atoms with Crippen LogP contribution in [0, 0.1) is 27.9 Å². The third-order valence-electron chi connectivity index (χ3n) is 4.18. The maximum absolute atomic E-state index is 12.0. The van der Waals surface area contributed by atoms with Gasteiger partial charge in [-0.3, -0.25) is 14.9 Å². The van der Waals surface area contributed by atoms with Crippen LogP contribution in [0.25, 0.3) is 0 Å². The van der Waals surface area contributed by atoms with Crippen molar-refractivity contribution in [2.45, 2.75) is 25.7 Å². The van der Waals surface area contributed by atoms with Crippen LogP contribution in [-0.2, 0) is 4.79 Å². The Morgan fingerprint density at radius 3 is 2.58 bits per heavy atom. The number of hydrogen-bond acceptors (Lipinski definition) is 4. The molecule has 0 saturated heterocycles. The minimum Gasteiger partial charge on any atom is -0.426 e. The number of carbonyl (C=O) groups excluding carboxylic acids is 1. The fourth-order valence-electron chi connectivity index (χ4n) is 3.19. The van der Waals surface area contributed by atoms with E-state index in [1.54, 1.807) is 6.07 Å². The van der Waals surface area contributed by atoms with Crippen molar-refractivity contribution in [3.05, 3.63) is 34.4 Å². The number of rotatable bonds is 3. The topological polar surface area (TPSA) is 69.4 Å². The van der Waals surface area contributed by atoms with Gasteiger partial charge < -0.3 is 4.74 Å². The molecule has 3 rings (SSSR count). The summed E-state index contributed by atoms with van der Waals surface area (Å²) in [6.45, 7) is 0. The zero-order chi connectivity index (χ0) is 13.4. The number of hydrogen-bond donors (Lipinski definition) is 0. The number of benzene rings is 1. The van der Waals surface area contributed by atoms with Gasteiger partial charge in [-0.05, 0) is 30.7 Å². The lowest BCUT2D eigenvalue weighted by atomic mass is 10.0. The summed E-state index contributed by atoms with van der Waals surface area (Å²) in [7, 11) is 0. The molecule has 5 nitrogen and oxygen atoms in total. The summed E-state index contributed by atoms with van der Waals surface area (Å²) in [6, 6.07) is 5.79. The lowest BCUT2D eigenvalue weighted by Crippen LogP contribution is -2.12. The highest BCUT2D eigenvalue weighted by Crippen LogP contribution is 2.55. The van der Waals surface area contributed by atoms with Gasteiger partial charge in [-0.1, -0.05) is 18.9 Å². The van der Waals surface area contributed by atoms with E-state index in [9.17, 15) is 14.9 Å². The van der Waals surface area contributed by atoms with E-state index in [4.69, 9.17) is 4.74 Å². The monoisotopic (exact) mass is 261 g/mol. The van der Waals surface area contributed by atoms with E-state index in [-0.39, 0.29) is 23.3 Å². The zero-order valence-corrected chi connectivity index (χ0v) is 10.5. The largest absolute Gasteiger partial charge is 0.426 e. The number of ether oxygens (including phenoxy) is 1. The van der Waals surface area contributed by atoms with Crippen LogP contribution in [-0.4, -0.2) is 10.9 Å². The Labute approximate surface area is 110 Å². The van der Waals surface area contributed by atoms with Crippen LogP contribution < -0.4 is 4.74 Å². The van der Waals surface area contributed by atoms with Gasteiger partial charge in [0.05, 0.1) is 16.9 Å². The Bertz CT molecular complexity index is 516. The summed E-state index contributed by atoms with van der Waals surface area (Å²) in [6.07, 6.45) is 4.61. The molecule has 0 aromatic heterocycles. The molecule has 0 unspecified atom stereocenters. The minimum absolute atomic E-state index is 0.0155. The van der Waals surface area contributed by atoms with E-state index < -0.39 is 4.92 Å². The first-order valence-electron chi connectivity index (χ1n) is 6.63. The fraction of sp³-hybridized carbons (Fsp3) is 0.500.